The van der Waals surface area contributed by atoms with Crippen molar-refractivity contribution >= 4 is 17.5 Å². The van der Waals surface area contributed by atoms with E-state index in [0.29, 0.717) is 12.1 Å². The molecule has 0 radical (unpaired) electrons. The molecule has 0 atom stereocenters. The van der Waals surface area contributed by atoms with Crippen molar-refractivity contribution in [1.29, 1.82) is 0 Å². The number of benzene rings is 2. The Kier molecular flexibility index (Phi) is 6.98. The topological polar surface area (TPSA) is 58.2 Å². The van der Waals surface area contributed by atoms with Crippen LogP contribution in [0.15, 0.2) is 48.5 Å². The van der Waals surface area contributed by atoms with Gasteiger partial charge in [0.1, 0.15) is 0 Å². The molecule has 0 aromatic heterocycles. The largest absolute Gasteiger partial charge is 0.416 e. The Balaban J connectivity index is 2.01. The Hall–Kier alpha value is -2.83. The summed E-state index contributed by atoms with van der Waals surface area (Å²) in [6, 6.07) is 10.3. The summed E-state index contributed by atoms with van der Waals surface area (Å²) >= 11 is 0. The summed E-state index contributed by atoms with van der Waals surface area (Å²) in [6.07, 6.45) is -1.47. The zero-order valence-electron chi connectivity index (χ0n) is 14.9. The Morgan fingerprint density at radius 1 is 0.926 bits per heavy atom. The van der Waals surface area contributed by atoms with Crippen molar-refractivity contribution in [3.63, 3.8) is 0 Å². The summed E-state index contributed by atoms with van der Waals surface area (Å²) in [5.41, 5.74) is 0.0485. The van der Waals surface area contributed by atoms with Gasteiger partial charge in [0.15, 0.2) is 0 Å². The SMILES string of the molecule is CCCCCNC(=O)c1cccc(C(=O)Nc2ccc(C(F)(F)F)cc2)c1. The van der Waals surface area contributed by atoms with Gasteiger partial charge in [0.05, 0.1) is 5.56 Å². The van der Waals surface area contributed by atoms with Gasteiger partial charge in [-0.2, -0.15) is 13.2 Å². The number of unbranched alkanes of at least 4 members (excludes halogenated alkanes) is 2. The van der Waals surface area contributed by atoms with Crippen molar-refractivity contribution in [2.24, 2.45) is 0 Å². The number of carbonyl (C=O) groups is 2. The zero-order chi connectivity index (χ0) is 19.9. The number of alkyl halides is 3. The van der Waals surface area contributed by atoms with Crippen molar-refractivity contribution in [3.8, 4) is 0 Å². The van der Waals surface area contributed by atoms with Gasteiger partial charge < -0.3 is 10.6 Å². The maximum atomic E-state index is 12.6. The molecule has 0 fully saturated rings. The van der Waals surface area contributed by atoms with Gasteiger partial charge in [-0.25, -0.2) is 0 Å². The second-order valence-corrected chi connectivity index (χ2v) is 6.07. The lowest BCUT2D eigenvalue weighted by Crippen LogP contribution is -2.24. The third kappa shape index (κ3) is 6.13. The highest BCUT2D eigenvalue weighted by Crippen LogP contribution is 2.29. The molecule has 0 unspecified atom stereocenters. The van der Waals surface area contributed by atoms with Gasteiger partial charge in [0.25, 0.3) is 11.8 Å². The second-order valence-electron chi connectivity index (χ2n) is 6.07. The number of nitrogens with one attached hydrogen (secondary N) is 2. The first-order valence-electron chi connectivity index (χ1n) is 8.68. The number of hydrogen-bond acceptors (Lipinski definition) is 2. The molecule has 0 spiro atoms. The highest BCUT2D eigenvalue weighted by atomic mass is 19.4. The molecule has 0 aliphatic carbocycles. The average molecular weight is 378 g/mol. The fourth-order valence-corrected chi connectivity index (χ4v) is 2.43. The maximum absolute atomic E-state index is 12.6. The molecule has 27 heavy (non-hydrogen) atoms. The Bertz CT molecular complexity index is 787. The summed E-state index contributed by atoms with van der Waals surface area (Å²) in [5, 5.41) is 5.32. The van der Waals surface area contributed by atoms with Crippen LogP contribution in [0.4, 0.5) is 18.9 Å². The maximum Gasteiger partial charge on any atom is 0.416 e. The van der Waals surface area contributed by atoms with Crippen molar-refractivity contribution < 1.29 is 22.8 Å². The fourth-order valence-electron chi connectivity index (χ4n) is 2.43. The van der Waals surface area contributed by atoms with Crippen LogP contribution in [0.2, 0.25) is 0 Å². The number of halogens is 3. The van der Waals surface area contributed by atoms with E-state index in [4.69, 9.17) is 0 Å². The molecular weight excluding hydrogens is 357 g/mol. The van der Waals surface area contributed by atoms with Crippen molar-refractivity contribution in [1.82, 2.24) is 5.32 Å². The van der Waals surface area contributed by atoms with Gasteiger partial charge in [-0.3, -0.25) is 9.59 Å². The van der Waals surface area contributed by atoms with Gasteiger partial charge in [0, 0.05) is 23.4 Å². The molecule has 0 saturated heterocycles. The minimum atomic E-state index is -4.43. The first kappa shape index (κ1) is 20.5. The van der Waals surface area contributed by atoms with E-state index in [2.05, 4.69) is 17.6 Å². The predicted molar refractivity (Wildman–Crippen MR) is 97.7 cm³/mol. The lowest BCUT2D eigenvalue weighted by atomic mass is 10.1. The first-order valence-corrected chi connectivity index (χ1v) is 8.68. The fraction of sp³-hybridized carbons (Fsp3) is 0.300. The van der Waals surface area contributed by atoms with E-state index in [0.717, 1.165) is 31.4 Å². The molecule has 0 saturated carbocycles. The summed E-state index contributed by atoms with van der Waals surface area (Å²) in [5.74, 6) is -0.773. The molecule has 2 amide bonds. The van der Waals surface area contributed by atoms with E-state index in [1.807, 2.05) is 0 Å². The highest BCUT2D eigenvalue weighted by molar-refractivity contribution is 6.06. The van der Waals surface area contributed by atoms with Crippen LogP contribution in [-0.4, -0.2) is 18.4 Å². The highest BCUT2D eigenvalue weighted by Gasteiger charge is 2.30. The van der Waals surface area contributed by atoms with Gasteiger partial charge in [-0.05, 0) is 48.9 Å². The summed E-state index contributed by atoms with van der Waals surface area (Å²) in [6.45, 7) is 2.63. The van der Waals surface area contributed by atoms with E-state index in [1.165, 1.54) is 24.3 Å². The van der Waals surface area contributed by atoms with E-state index < -0.39 is 17.6 Å². The third-order valence-corrected chi connectivity index (χ3v) is 3.92. The van der Waals surface area contributed by atoms with Gasteiger partial charge in [0.2, 0.25) is 0 Å². The van der Waals surface area contributed by atoms with Crippen molar-refractivity contribution in [2.75, 3.05) is 11.9 Å². The van der Waals surface area contributed by atoms with E-state index in [1.54, 1.807) is 12.1 Å². The molecule has 144 valence electrons. The minimum absolute atomic E-state index is 0.238. The molecule has 0 aliphatic rings. The van der Waals surface area contributed by atoms with Crippen LogP contribution in [0.1, 0.15) is 52.5 Å². The van der Waals surface area contributed by atoms with E-state index in [-0.39, 0.29) is 17.2 Å². The molecule has 0 heterocycles. The van der Waals surface area contributed by atoms with Gasteiger partial charge in [-0.1, -0.05) is 25.8 Å². The summed E-state index contributed by atoms with van der Waals surface area (Å²) < 4.78 is 37.7. The molecule has 2 rings (SSSR count). The van der Waals surface area contributed by atoms with E-state index in [9.17, 15) is 22.8 Å². The first-order chi connectivity index (χ1) is 12.8. The molecular formula is C20H21F3N2O2. The lowest BCUT2D eigenvalue weighted by Gasteiger charge is -2.10. The predicted octanol–water partition coefficient (Wildman–Crippen LogP) is 4.88. The summed E-state index contributed by atoms with van der Waals surface area (Å²) in [4.78, 5) is 24.4. The lowest BCUT2D eigenvalue weighted by molar-refractivity contribution is -0.137. The van der Waals surface area contributed by atoms with Crippen LogP contribution < -0.4 is 10.6 Å². The number of hydrogen-bond donors (Lipinski definition) is 2. The summed E-state index contributed by atoms with van der Waals surface area (Å²) in [7, 11) is 0. The molecule has 0 bridgehead atoms. The molecule has 2 aromatic rings. The average Bonchev–Trinajstić information content (AvgIpc) is 2.65. The van der Waals surface area contributed by atoms with Crippen LogP contribution in [0.3, 0.4) is 0 Å². The minimum Gasteiger partial charge on any atom is -0.352 e. The van der Waals surface area contributed by atoms with Crippen molar-refractivity contribution in [2.45, 2.75) is 32.4 Å². The standard InChI is InChI=1S/C20H21F3N2O2/c1-2-3-4-12-24-18(26)14-6-5-7-15(13-14)19(27)25-17-10-8-16(9-11-17)20(21,22)23/h5-11,13H,2-4,12H2,1H3,(H,24,26)(H,25,27). The Labute approximate surface area is 155 Å². The van der Waals surface area contributed by atoms with Crippen LogP contribution in [-0.2, 0) is 6.18 Å². The quantitative estimate of drug-likeness (QED) is 0.675. The molecule has 0 aliphatic heterocycles. The van der Waals surface area contributed by atoms with Crippen LogP contribution in [0, 0.1) is 0 Å². The van der Waals surface area contributed by atoms with Crippen LogP contribution in [0.25, 0.3) is 0 Å². The molecule has 2 aromatic carbocycles. The second kappa shape index (κ2) is 9.21. The normalized spacial score (nSPS) is 11.1. The molecule has 4 nitrogen and oxygen atoms in total. The number of rotatable bonds is 7. The zero-order valence-corrected chi connectivity index (χ0v) is 14.9. The number of amides is 2. The number of carbonyl (C=O) groups excluding carboxylic acids is 2. The van der Waals surface area contributed by atoms with Crippen LogP contribution >= 0.6 is 0 Å². The monoisotopic (exact) mass is 378 g/mol. The third-order valence-electron chi connectivity index (χ3n) is 3.92. The van der Waals surface area contributed by atoms with Crippen molar-refractivity contribution in [3.05, 3.63) is 65.2 Å². The van der Waals surface area contributed by atoms with Crippen LogP contribution in [0.5, 0.6) is 0 Å². The Morgan fingerprint density at radius 2 is 1.56 bits per heavy atom. The molecule has 7 heteroatoms. The van der Waals surface area contributed by atoms with Gasteiger partial charge in [-0.15, -0.1) is 0 Å². The smallest absolute Gasteiger partial charge is 0.352 e. The van der Waals surface area contributed by atoms with E-state index >= 15 is 0 Å². The molecule has 2 N–H and O–H groups in total. The Morgan fingerprint density at radius 3 is 2.15 bits per heavy atom. The van der Waals surface area contributed by atoms with Gasteiger partial charge >= 0.3 is 6.18 Å². The number of anilines is 1.